The Kier molecular flexibility index (Phi) is 5.01. The number of carbonyl (C=O) groups is 2. The number of ketones is 1. The first-order valence-corrected chi connectivity index (χ1v) is 8.75. The van der Waals surface area contributed by atoms with Gasteiger partial charge in [-0.3, -0.25) is 9.59 Å². The molecule has 0 unspecified atom stereocenters. The molecule has 122 valence electrons. The van der Waals surface area contributed by atoms with Crippen LogP contribution in [0, 0.1) is 0 Å². The lowest BCUT2D eigenvalue weighted by molar-refractivity contribution is 0.0952. The first-order chi connectivity index (χ1) is 11.7. The summed E-state index contributed by atoms with van der Waals surface area (Å²) in [7, 11) is 0. The summed E-state index contributed by atoms with van der Waals surface area (Å²) in [6.07, 6.45) is 1.23. The zero-order valence-corrected chi connectivity index (χ0v) is 14.2. The summed E-state index contributed by atoms with van der Waals surface area (Å²) in [5, 5.41) is 3.44. The van der Waals surface area contributed by atoms with Crippen molar-refractivity contribution >= 4 is 33.2 Å². The normalized spacial score (nSPS) is 10.7. The predicted molar refractivity (Wildman–Crippen MR) is 96.7 cm³/mol. The van der Waals surface area contributed by atoms with Gasteiger partial charge in [0.1, 0.15) is 0 Å². The summed E-state index contributed by atoms with van der Waals surface area (Å²) in [5.41, 5.74) is 2.55. The lowest BCUT2D eigenvalue weighted by atomic mass is 10.1. The van der Waals surface area contributed by atoms with Crippen molar-refractivity contribution in [2.75, 3.05) is 6.54 Å². The smallest absolute Gasteiger partial charge is 0.251 e. The average molecular weight is 338 g/mol. The first-order valence-electron chi connectivity index (χ1n) is 7.93. The van der Waals surface area contributed by atoms with E-state index in [1.54, 1.807) is 18.2 Å². The van der Waals surface area contributed by atoms with Gasteiger partial charge in [-0.1, -0.05) is 37.3 Å². The molecule has 24 heavy (non-hydrogen) atoms. The van der Waals surface area contributed by atoms with Crippen molar-refractivity contribution in [3.05, 3.63) is 64.7 Å². The summed E-state index contributed by atoms with van der Waals surface area (Å²) in [6.45, 7) is 2.41. The third kappa shape index (κ3) is 3.68. The van der Waals surface area contributed by atoms with Crippen molar-refractivity contribution in [1.29, 1.82) is 0 Å². The molecule has 0 aliphatic heterocycles. The molecule has 1 aromatic heterocycles. The second-order valence-corrected chi connectivity index (χ2v) is 6.50. The van der Waals surface area contributed by atoms with Crippen LogP contribution in [0.2, 0.25) is 0 Å². The molecule has 0 aliphatic rings. The first kappa shape index (κ1) is 16.3. The molecule has 0 saturated heterocycles. The Morgan fingerprint density at radius 3 is 2.67 bits per heavy atom. The van der Waals surface area contributed by atoms with Crippen LogP contribution in [0.15, 0.2) is 48.5 Å². The Labute approximate surface area is 144 Å². The minimum atomic E-state index is -0.107. The molecule has 0 fully saturated rings. The largest absolute Gasteiger partial charge is 0.352 e. The van der Waals surface area contributed by atoms with Gasteiger partial charge in [0.25, 0.3) is 5.91 Å². The number of thiazole rings is 1. The number of nitrogens with one attached hydrogen (secondary N) is 1. The number of Topliss-reactive ketones (excluding diaryl/α,β-unsaturated/α-hetero) is 1. The number of benzene rings is 2. The van der Waals surface area contributed by atoms with Gasteiger partial charge >= 0.3 is 0 Å². The van der Waals surface area contributed by atoms with E-state index in [1.807, 2.05) is 37.3 Å². The lowest BCUT2D eigenvalue weighted by Gasteiger charge is -2.05. The minimum absolute atomic E-state index is 0.0325. The third-order valence-corrected chi connectivity index (χ3v) is 4.81. The topological polar surface area (TPSA) is 59.1 Å². The molecular weight excluding hydrogens is 320 g/mol. The summed E-state index contributed by atoms with van der Waals surface area (Å²) < 4.78 is 0.863. The Morgan fingerprint density at radius 2 is 1.92 bits per heavy atom. The van der Waals surface area contributed by atoms with E-state index in [4.69, 9.17) is 0 Å². The van der Waals surface area contributed by atoms with Crippen LogP contribution in [0.5, 0.6) is 0 Å². The minimum Gasteiger partial charge on any atom is -0.352 e. The number of fused-ring (bicyclic) bond motifs is 1. The maximum Gasteiger partial charge on any atom is 0.251 e. The zero-order valence-electron chi connectivity index (χ0n) is 13.4. The van der Waals surface area contributed by atoms with Crippen molar-refractivity contribution in [3.63, 3.8) is 0 Å². The SMILES string of the molecule is CCC(=O)c1nc2ccc(C(=O)NCCc3ccccc3)cc2s1. The molecule has 3 aromatic rings. The van der Waals surface area contributed by atoms with E-state index >= 15 is 0 Å². The number of hydrogen-bond donors (Lipinski definition) is 1. The molecule has 0 spiro atoms. The second kappa shape index (κ2) is 7.36. The fraction of sp³-hybridized carbons (Fsp3) is 0.211. The van der Waals surface area contributed by atoms with Crippen LogP contribution in [-0.2, 0) is 6.42 Å². The van der Waals surface area contributed by atoms with E-state index in [9.17, 15) is 9.59 Å². The Balaban J connectivity index is 1.67. The lowest BCUT2D eigenvalue weighted by Crippen LogP contribution is -2.25. The molecule has 5 heteroatoms. The predicted octanol–water partition coefficient (Wildman–Crippen LogP) is 3.86. The highest BCUT2D eigenvalue weighted by atomic mass is 32.1. The van der Waals surface area contributed by atoms with Gasteiger partial charge in [-0.15, -0.1) is 11.3 Å². The molecule has 3 rings (SSSR count). The fourth-order valence-electron chi connectivity index (χ4n) is 2.40. The highest BCUT2D eigenvalue weighted by Crippen LogP contribution is 2.24. The maximum atomic E-state index is 12.3. The summed E-state index contributed by atoms with van der Waals surface area (Å²) >= 11 is 1.34. The van der Waals surface area contributed by atoms with Crippen molar-refractivity contribution in [1.82, 2.24) is 10.3 Å². The van der Waals surface area contributed by atoms with Crippen molar-refractivity contribution in [2.24, 2.45) is 0 Å². The number of aromatic nitrogens is 1. The molecule has 0 bridgehead atoms. The number of rotatable bonds is 6. The van der Waals surface area contributed by atoms with Crippen LogP contribution in [0.25, 0.3) is 10.2 Å². The quantitative estimate of drug-likeness (QED) is 0.694. The maximum absolute atomic E-state index is 12.3. The van der Waals surface area contributed by atoms with Crippen LogP contribution in [-0.4, -0.2) is 23.2 Å². The summed E-state index contributed by atoms with van der Waals surface area (Å²) in [5.74, 6) is -0.0744. The molecule has 4 nitrogen and oxygen atoms in total. The van der Waals surface area contributed by atoms with Gasteiger partial charge in [0, 0.05) is 18.5 Å². The van der Waals surface area contributed by atoms with Crippen LogP contribution >= 0.6 is 11.3 Å². The van der Waals surface area contributed by atoms with Gasteiger partial charge in [-0.25, -0.2) is 4.98 Å². The average Bonchev–Trinajstić information content (AvgIpc) is 3.05. The van der Waals surface area contributed by atoms with Crippen LogP contribution < -0.4 is 5.32 Å². The number of hydrogen-bond acceptors (Lipinski definition) is 4. The summed E-state index contributed by atoms with van der Waals surface area (Å²) in [6, 6.07) is 15.4. The Bertz CT molecular complexity index is 871. The second-order valence-electron chi connectivity index (χ2n) is 5.47. The van der Waals surface area contributed by atoms with Crippen molar-refractivity contribution < 1.29 is 9.59 Å². The molecular formula is C19H18N2O2S. The highest BCUT2D eigenvalue weighted by Gasteiger charge is 2.12. The Hall–Kier alpha value is -2.53. The van der Waals surface area contributed by atoms with E-state index in [0.29, 0.717) is 23.5 Å². The van der Waals surface area contributed by atoms with Crippen molar-refractivity contribution in [3.8, 4) is 0 Å². The van der Waals surface area contributed by atoms with Crippen LogP contribution in [0.3, 0.4) is 0 Å². The number of carbonyl (C=O) groups excluding carboxylic acids is 2. The van der Waals surface area contributed by atoms with Gasteiger partial charge in [0.15, 0.2) is 10.8 Å². The molecule has 0 saturated carbocycles. The molecule has 1 heterocycles. The van der Waals surface area contributed by atoms with Gasteiger partial charge in [0.05, 0.1) is 10.2 Å². The number of amides is 1. The van der Waals surface area contributed by atoms with Crippen LogP contribution in [0.4, 0.5) is 0 Å². The van der Waals surface area contributed by atoms with Crippen molar-refractivity contribution in [2.45, 2.75) is 19.8 Å². The van der Waals surface area contributed by atoms with Gasteiger partial charge in [-0.2, -0.15) is 0 Å². The number of nitrogens with zero attached hydrogens (tertiary/aromatic N) is 1. The van der Waals surface area contributed by atoms with E-state index in [1.165, 1.54) is 16.9 Å². The zero-order chi connectivity index (χ0) is 16.9. The Morgan fingerprint density at radius 1 is 1.12 bits per heavy atom. The standard InChI is InChI=1S/C19H18N2O2S/c1-2-16(22)19-21-15-9-8-14(12-17(15)24-19)18(23)20-11-10-13-6-4-3-5-7-13/h3-9,12H,2,10-11H2,1H3,(H,20,23). The van der Waals surface area contributed by atoms with E-state index < -0.39 is 0 Å². The molecule has 0 aliphatic carbocycles. The fourth-order valence-corrected chi connectivity index (χ4v) is 3.42. The van der Waals surface area contributed by atoms with Gasteiger partial charge in [-0.05, 0) is 30.2 Å². The van der Waals surface area contributed by atoms with Gasteiger partial charge < -0.3 is 5.32 Å². The molecule has 1 N–H and O–H groups in total. The molecule has 2 aromatic carbocycles. The molecule has 0 radical (unpaired) electrons. The van der Waals surface area contributed by atoms with Crippen LogP contribution in [0.1, 0.15) is 39.1 Å². The summed E-state index contributed by atoms with van der Waals surface area (Å²) in [4.78, 5) is 28.4. The van der Waals surface area contributed by atoms with E-state index in [-0.39, 0.29) is 11.7 Å². The third-order valence-electron chi connectivity index (χ3n) is 3.75. The molecule has 0 atom stereocenters. The molecule has 1 amide bonds. The highest BCUT2D eigenvalue weighted by molar-refractivity contribution is 7.20. The van der Waals surface area contributed by atoms with Gasteiger partial charge in [0.2, 0.25) is 0 Å². The monoisotopic (exact) mass is 338 g/mol. The van der Waals surface area contributed by atoms with E-state index in [2.05, 4.69) is 10.3 Å². The van der Waals surface area contributed by atoms with E-state index in [0.717, 1.165) is 16.6 Å².